The van der Waals surface area contributed by atoms with Crippen molar-refractivity contribution in [2.45, 2.75) is 11.2 Å². The summed E-state index contributed by atoms with van der Waals surface area (Å²) in [5, 5.41) is 31.9. The van der Waals surface area contributed by atoms with Crippen molar-refractivity contribution in [1.82, 2.24) is 0 Å². The average molecular weight is 567 g/mol. The highest BCUT2D eigenvalue weighted by Gasteiger charge is 2.37. The van der Waals surface area contributed by atoms with E-state index >= 15 is 0 Å². The lowest BCUT2D eigenvalue weighted by atomic mass is 9.75. The Morgan fingerprint density at radius 1 is 0.295 bits per heavy atom. The molecular formula is C42H30O2. The topological polar surface area (TPSA) is 40.5 Å². The third kappa shape index (κ3) is 3.82. The molecule has 8 rings (SSSR count). The molecule has 2 heteroatoms. The molecule has 2 nitrogen and oxygen atoms in total. The minimum atomic E-state index is -1.37. The van der Waals surface area contributed by atoms with Gasteiger partial charge in [0.15, 0.2) is 0 Å². The van der Waals surface area contributed by atoms with Crippen molar-refractivity contribution in [2.24, 2.45) is 0 Å². The summed E-state index contributed by atoms with van der Waals surface area (Å²) in [4.78, 5) is 0. The summed E-state index contributed by atoms with van der Waals surface area (Å²) in [7, 11) is 0. The van der Waals surface area contributed by atoms with E-state index in [9.17, 15) is 10.2 Å². The van der Waals surface area contributed by atoms with E-state index in [0.717, 1.165) is 65.7 Å². The lowest BCUT2D eigenvalue weighted by Crippen LogP contribution is -2.29. The summed E-state index contributed by atoms with van der Waals surface area (Å²) in [6.07, 6.45) is 0. The van der Waals surface area contributed by atoms with Gasteiger partial charge < -0.3 is 10.2 Å². The van der Waals surface area contributed by atoms with E-state index in [2.05, 4.69) is 48.5 Å². The monoisotopic (exact) mass is 566 g/mol. The first-order valence-electron chi connectivity index (χ1n) is 15.0. The van der Waals surface area contributed by atoms with E-state index in [1.807, 2.05) is 121 Å². The Balaban J connectivity index is 1.46. The lowest BCUT2D eigenvalue weighted by molar-refractivity contribution is 0.127. The van der Waals surface area contributed by atoms with E-state index in [0.29, 0.717) is 0 Å². The number of hydrogen-bond donors (Lipinski definition) is 2. The fourth-order valence-electron chi connectivity index (χ4n) is 7.10. The molecule has 0 atom stereocenters. The molecule has 210 valence electrons. The predicted molar refractivity (Wildman–Crippen MR) is 180 cm³/mol. The van der Waals surface area contributed by atoms with E-state index in [1.54, 1.807) is 0 Å². The second-order valence-corrected chi connectivity index (χ2v) is 11.5. The van der Waals surface area contributed by atoms with E-state index in [4.69, 9.17) is 0 Å². The van der Waals surface area contributed by atoms with Gasteiger partial charge in [-0.1, -0.05) is 170 Å². The number of rotatable bonds is 6. The van der Waals surface area contributed by atoms with Crippen molar-refractivity contribution < 1.29 is 10.2 Å². The smallest absolute Gasteiger partial charge is 0.141 e. The summed E-state index contributed by atoms with van der Waals surface area (Å²) in [6.45, 7) is 0. The average Bonchev–Trinajstić information content (AvgIpc) is 3.11. The Labute approximate surface area is 256 Å². The molecule has 0 aliphatic carbocycles. The van der Waals surface area contributed by atoms with Gasteiger partial charge in [-0.2, -0.15) is 0 Å². The Morgan fingerprint density at radius 2 is 0.568 bits per heavy atom. The molecule has 0 spiro atoms. The van der Waals surface area contributed by atoms with Crippen LogP contribution in [0.5, 0.6) is 0 Å². The van der Waals surface area contributed by atoms with Gasteiger partial charge >= 0.3 is 0 Å². The Hall–Kier alpha value is -5.28. The van der Waals surface area contributed by atoms with Crippen LogP contribution >= 0.6 is 0 Å². The molecule has 0 aliphatic heterocycles. The number of aliphatic hydroxyl groups is 2. The summed E-state index contributed by atoms with van der Waals surface area (Å²) in [5.41, 5.74) is 2.14. The molecule has 0 saturated carbocycles. The minimum Gasteiger partial charge on any atom is -0.376 e. The maximum Gasteiger partial charge on any atom is 0.141 e. The molecule has 0 unspecified atom stereocenters. The largest absolute Gasteiger partial charge is 0.376 e. The molecule has 0 amide bonds. The quantitative estimate of drug-likeness (QED) is 0.156. The fraction of sp³-hybridized carbons (Fsp3) is 0.0476. The van der Waals surface area contributed by atoms with Crippen molar-refractivity contribution in [2.75, 3.05) is 0 Å². The van der Waals surface area contributed by atoms with E-state index in [1.165, 1.54) is 0 Å². The van der Waals surface area contributed by atoms with Gasteiger partial charge in [-0.25, -0.2) is 0 Å². The normalized spacial score (nSPS) is 12.3. The highest BCUT2D eigenvalue weighted by molar-refractivity contribution is 6.24. The third-order valence-electron chi connectivity index (χ3n) is 9.21. The number of hydrogen-bond acceptors (Lipinski definition) is 2. The molecule has 8 aromatic rings. The minimum absolute atomic E-state index is 0.810. The van der Waals surface area contributed by atoms with Gasteiger partial charge in [0, 0.05) is 11.1 Å². The van der Waals surface area contributed by atoms with Gasteiger partial charge in [0.2, 0.25) is 0 Å². The van der Waals surface area contributed by atoms with Crippen molar-refractivity contribution >= 4 is 32.3 Å². The van der Waals surface area contributed by atoms with Crippen molar-refractivity contribution in [3.8, 4) is 0 Å². The highest BCUT2D eigenvalue weighted by Crippen LogP contribution is 2.47. The fourth-order valence-corrected chi connectivity index (χ4v) is 7.10. The zero-order valence-corrected chi connectivity index (χ0v) is 24.1. The first-order valence-corrected chi connectivity index (χ1v) is 15.0. The molecule has 0 bridgehead atoms. The van der Waals surface area contributed by atoms with Crippen LogP contribution in [-0.2, 0) is 11.2 Å². The maximum atomic E-state index is 12.8. The van der Waals surface area contributed by atoms with E-state index in [-0.39, 0.29) is 0 Å². The zero-order chi connectivity index (χ0) is 29.7. The summed E-state index contributed by atoms with van der Waals surface area (Å²) < 4.78 is 0. The second kappa shape index (κ2) is 10.2. The molecule has 0 aromatic heterocycles. The van der Waals surface area contributed by atoms with Crippen LogP contribution in [-0.4, -0.2) is 10.2 Å². The van der Waals surface area contributed by atoms with Crippen LogP contribution in [0.4, 0.5) is 0 Å². The summed E-state index contributed by atoms with van der Waals surface area (Å²) in [6, 6.07) is 56.5. The van der Waals surface area contributed by atoms with Gasteiger partial charge in [0.05, 0.1) is 0 Å². The van der Waals surface area contributed by atoms with Crippen LogP contribution in [0, 0.1) is 0 Å². The van der Waals surface area contributed by atoms with Crippen molar-refractivity contribution in [1.29, 1.82) is 0 Å². The predicted octanol–water partition coefficient (Wildman–Crippen LogP) is 9.15. The second-order valence-electron chi connectivity index (χ2n) is 11.5. The Morgan fingerprint density at radius 3 is 0.864 bits per heavy atom. The third-order valence-corrected chi connectivity index (χ3v) is 9.21. The maximum absolute atomic E-state index is 12.8. The van der Waals surface area contributed by atoms with Crippen LogP contribution in [0.1, 0.15) is 33.4 Å². The lowest BCUT2D eigenvalue weighted by Gasteiger charge is -2.33. The van der Waals surface area contributed by atoms with Crippen molar-refractivity contribution in [3.05, 3.63) is 203 Å². The molecule has 2 N–H and O–H groups in total. The molecular weight excluding hydrogens is 536 g/mol. The molecule has 8 aromatic carbocycles. The standard InChI is InChI=1S/C42H30O2/c43-41(31-13-5-1-6-14-31,32-15-7-2-8-16-32)37-27-23-29-22-26-36-38(28-24-30-21-25-35(37)39(29)40(30)36)42(44,33-17-9-3-10-18-33)34-19-11-4-12-20-34/h1-28,43-44H. The van der Waals surface area contributed by atoms with Crippen molar-refractivity contribution in [3.63, 3.8) is 0 Å². The molecule has 0 saturated heterocycles. The zero-order valence-electron chi connectivity index (χ0n) is 24.1. The molecule has 44 heavy (non-hydrogen) atoms. The van der Waals surface area contributed by atoms with Crippen LogP contribution in [0.3, 0.4) is 0 Å². The van der Waals surface area contributed by atoms with Crippen LogP contribution < -0.4 is 0 Å². The van der Waals surface area contributed by atoms with Crippen LogP contribution in [0.2, 0.25) is 0 Å². The van der Waals surface area contributed by atoms with Gasteiger partial charge in [-0.05, 0) is 54.6 Å². The molecule has 0 radical (unpaired) electrons. The molecule has 0 aliphatic rings. The van der Waals surface area contributed by atoms with Gasteiger partial charge in [-0.15, -0.1) is 0 Å². The molecule has 0 fully saturated rings. The highest BCUT2D eigenvalue weighted by atomic mass is 16.3. The number of benzene rings is 8. The summed E-state index contributed by atoms with van der Waals surface area (Å²) in [5.74, 6) is 0. The first-order chi connectivity index (χ1) is 21.6. The van der Waals surface area contributed by atoms with Crippen LogP contribution in [0.15, 0.2) is 170 Å². The van der Waals surface area contributed by atoms with Gasteiger partial charge in [-0.3, -0.25) is 0 Å². The van der Waals surface area contributed by atoms with E-state index < -0.39 is 11.2 Å². The van der Waals surface area contributed by atoms with Gasteiger partial charge in [0.1, 0.15) is 11.2 Å². The summed E-state index contributed by atoms with van der Waals surface area (Å²) >= 11 is 0. The molecule has 0 heterocycles. The Kier molecular flexibility index (Phi) is 6.09. The SMILES string of the molecule is OC(c1ccccc1)(c1ccccc1)c1ccc2ccc3c(C(O)(c4ccccc4)c4ccccc4)ccc4ccc1c2c43. The Bertz CT molecular complexity index is 1980. The first kappa shape index (κ1) is 26.4. The van der Waals surface area contributed by atoms with Gasteiger partial charge in [0.25, 0.3) is 0 Å². The van der Waals surface area contributed by atoms with Crippen LogP contribution in [0.25, 0.3) is 32.3 Å².